The van der Waals surface area contributed by atoms with E-state index in [2.05, 4.69) is 28.4 Å². The zero-order chi connectivity index (χ0) is 27.2. The van der Waals surface area contributed by atoms with E-state index in [9.17, 15) is 20.6 Å². The largest absolute Gasteiger partial charge is 0.353 e. The van der Waals surface area contributed by atoms with E-state index in [1.165, 1.54) is 0 Å². The molecule has 0 aromatic heterocycles. The lowest BCUT2D eigenvalue weighted by molar-refractivity contribution is -0.127. The maximum atomic E-state index is 12.7. The highest BCUT2D eigenvalue weighted by atomic mass is 16.2. The van der Waals surface area contributed by atoms with Crippen LogP contribution in [0, 0.1) is 34.0 Å². The molecule has 1 atom stereocenters. The van der Waals surface area contributed by atoms with Crippen LogP contribution in [0.15, 0.2) is 48.5 Å². The van der Waals surface area contributed by atoms with E-state index >= 15 is 0 Å². The molecule has 8 heteroatoms. The molecule has 2 aromatic rings. The summed E-state index contributed by atoms with van der Waals surface area (Å²) in [6.07, 6.45) is 4.39. The minimum atomic E-state index is -1.31. The first-order valence-electron chi connectivity index (χ1n) is 13.3. The second-order valence-corrected chi connectivity index (χ2v) is 10.5. The van der Waals surface area contributed by atoms with Gasteiger partial charge >= 0.3 is 0 Å². The van der Waals surface area contributed by atoms with Crippen molar-refractivity contribution in [2.45, 2.75) is 49.1 Å². The lowest BCUT2D eigenvalue weighted by atomic mass is 9.82. The number of carbonyl (C=O) groups is 1. The van der Waals surface area contributed by atoms with Crippen molar-refractivity contribution in [2.24, 2.45) is 5.73 Å². The number of rotatable bonds is 7. The second-order valence-electron chi connectivity index (χ2n) is 10.5. The molecule has 0 bridgehead atoms. The summed E-state index contributed by atoms with van der Waals surface area (Å²) in [6.45, 7) is 3.17. The third-order valence-corrected chi connectivity index (χ3v) is 8.07. The van der Waals surface area contributed by atoms with Crippen LogP contribution in [0.4, 0.5) is 0 Å². The molecule has 4 rings (SSSR count). The highest BCUT2D eigenvalue weighted by molar-refractivity contribution is 5.86. The van der Waals surface area contributed by atoms with Gasteiger partial charge in [0.25, 0.3) is 0 Å². The maximum Gasteiger partial charge on any atom is 0.240 e. The first-order valence-corrected chi connectivity index (χ1v) is 13.3. The molecule has 38 heavy (non-hydrogen) atoms. The minimum Gasteiger partial charge on any atom is -0.353 e. The average molecular weight is 510 g/mol. The molecular formula is C30H35N7O. The van der Waals surface area contributed by atoms with E-state index in [0.29, 0.717) is 31.5 Å². The predicted molar refractivity (Wildman–Crippen MR) is 145 cm³/mol. The molecule has 1 aliphatic carbocycles. The molecule has 1 heterocycles. The third kappa shape index (κ3) is 5.57. The summed E-state index contributed by atoms with van der Waals surface area (Å²) in [5, 5.41) is 32.7. The van der Waals surface area contributed by atoms with Crippen molar-refractivity contribution in [3.8, 4) is 29.3 Å². The maximum absolute atomic E-state index is 12.7. The summed E-state index contributed by atoms with van der Waals surface area (Å²) >= 11 is 0. The lowest BCUT2D eigenvalue weighted by Gasteiger charge is -2.39. The summed E-state index contributed by atoms with van der Waals surface area (Å²) in [6, 6.07) is 22.1. The number of nitrogens with two attached hydrogens (primary N) is 1. The van der Waals surface area contributed by atoms with E-state index in [-0.39, 0.29) is 12.5 Å². The monoisotopic (exact) mass is 509 g/mol. The fourth-order valence-electron chi connectivity index (χ4n) is 5.45. The number of hydrogen-bond acceptors (Lipinski definition) is 7. The topological polar surface area (TPSA) is 133 Å². The van der Waals surface area contributed by atoms with Crippen LogP contribution >= 0.6 is 0 Å². The average Bonchev–Trinajstić information content (AvgIpc) is 2.96. The van der Waals surface area contributed by atoms with Crippen LogP contribution in [0.25, 0.3) is 11.1 Å². The van der Waals surface area contributed by atoms with Crippen LogP contribution in [0.5, 0.6) is 0 Å². The number of hydrogen-bond donors (Lipinski definition) is 2. The van der Waals surface area contributed by atoms with E-state index in [4.69, 9.17) is 5.73 Å². The number of nitrogens with one attached hydrogen (secondary N) is 1. The number of amides is 1. The number of likely N-dealkylation sites (N-methyl/N-ethyl adjacent to an activating group) is 1. The summed E-state index contributed by atoms with van der Waals surface area (Å²) in [4.78, 5) is 16.8. The standard InChI is InChI=1S/C30H35N7O/c1-36-15-17-37(18-16-36)30(21-32,22-33)27-11-9-24(10-12-27)23-5-7-25(8-6-23)26(19-31)20-35-28(38)29(34)13-3-2-4-14-29/h5-12,26H,2-4,13-18,20,34H2,1H3,(H,35,38). The Bertz CT molecular complexity index is 1220. The van der Waals surface area contributed by atoms with Gasteiger partial charge in [-0.05, 0) is 36.6 Å². The van der Waals surface area contributed by atoms with Gasteiger partial charge in [0.1, 0.15) is 12.1 Å². The Labute approximate surface area is 225 Å². The Hall–Kier alpha value is -3.74. The number of piperazine rings is 1. The van der Waals surface area contributed by atoms with Crippen LogP contribution in [0.3, 0.4) is 0 Å². The van der Waals surface area contributed by atoms with Gasteiger partial charge in [-0.15, -0.1) is 0 Å². The number of nitrogens with zero attached hydrogens (tertiary/aromatic N) is 5. The van der Waals surface area contributed by atoms with Gasteiger partial charge in [0.2, 0.25) is 11.4 Å². The third-order valence-electron chi connectivity index (χ3n) is 8.07. The first kappa shape index (κ1) is 27.3. The highest BCUT2D eigenvalue weighted by Gasteiger charge is 2.40. The molecule has 1 unspecified atom stereocenters. The highest BCUT2D eigenvalue weighted by Crippen LogP contribution is 2.31. The van der Waals surface area contributed by atoms with E-state index in [1.807, 2.05) is 60.5 Å². The minimum absolute atomic E-state index is 0.170. The van der Waals surface area contributed by atoms with Crippen molar-refractivity contribution in [3.05, 3.63) is 59.7 Å². The van der Waals surface area contributed by atoms with E-state index in [1.54, 1.807) is 0 Å². The Balaban J connectivity index is 1.44. The number of carbonyl (C=O) groups excluding carboxylic acids is 1. The van der Waals surface area contributed by atoms with Crippen LogP contribution in [-0.2, 0) is 10.3 Å². The first-order chi connectivity index (χ1) is 18.3. The van der Waals surface area contributed by atoms with E-state index in [0.717, 1.165) is 49.0 Å². The molecule has 2 fully saturated rings. The summed E-state index contributed by atoms with van der Waals surface area (Å²) < 4.78 is 0. The van der Waals surface area contributed by atoms with E-state index < -0.39 is 17.0 Å². The lowest BCUT2D eigenvalue weighted by Crippen LogP contribution is -2.55. The number of nitriles is 3. The van der Waals surface area contributed by atoms with Gasteiger partial charge in [0, 0.05) is 38.3 Å². The number of benzene rings is 2. The smallest absolute Gasteiger partial charge is 0.240 e. The van der Waals surface area contributed by atoms with Crippen LogP contribution < -0.4 is 11.1 Å². The molecule has 0 radical (unpaired) electrons. The van der Waals surface area contributed by atoms with Gasteiger partial charge in [0.15, 0.2) is 0 Å². The summed E-state index contributed by atoms with van der Waals surface area (Å²) in [7, 11) is 2.04. The SMILES string of the molecule is CN1CCN(C(C#N)(C#N)c2ccc(-c3ccc(C(C#N)CNC(=O)C4(N)CCCCC4)cc3)cc2)CC1. The molecule has 2 aromatic carbocycles. The van der Waals surface area contributed by atoms with Gasteiger partial charge < -0.3 is 16.0 Å². The summed E-state index contributed by atoms with van der Waals surface area (Å²) in [5.41, 5.74) is 7.59. The molecule has 3 N–H and O–H groups in total. The van der Waals surface area contributed by atoms with Crippen molar-refractivity contribution < 1.29 is 4.79 Å². The fraction of sp³-hybridized carbons (Fsp3) is 0.467. The van der Waals surface area contributed by atoms with Crippen LogP contribution in [0.2, 0.25) is 0 Å². The van der Waals surface area contributed by atoms with Crippen molar-refractivity contribution in [1.29, 1.82) is 15.8 Å². The molecule has 1 saturated carbocycles. The molecule has 1 aliphatic heterocycles. The normalized spacial score (nSPS) is 18.9. The quantitative estimate of drug-likeness (QED) is 0.585. The second kappa shape index (κ2) is 11.8. The van der Waals surface area contributed by atoms with Gasteiger partial charge in [0.05, 0.1) is 17.5 Å². The van der Waals surface area contributed by atoms with Crippen molar-refractivity contribution in [2.75, 3.05) is 39.8 Å². The Morgan fingerprint density at radius 2 is 1.50 bits per heavy atom. The fourth-order valence-corrected chi connectivity index (χ4v) is 5.45. The zero-order valence-electron chi connectivity index (χ0n) is 22.0. The van der Waals surface area contributed by atoms with Gasteiger partial charge in [-0.2, -0.15) is 15.8 Å². The predicted octanol–water partition coefficient (Wildman–Crippen LogP) is 3.23. The van der Waals surface area contributed by atoms with Crippen LogP contribution in [0.1, 0.15) is 49.1 Å². The molecule has 1 amide bonds. The Morgan fingerprint density at radius 3 is 2.03 bits per heavy atom. The van der Waals surface area contributed by atoms with Crippen molar-refractivity contribution in [1.82, 2.24) is 15.1 Å². The Kier molecular flexibility index (Phi) is 8.45. The van der Waals surface area contributed by atoms with Gasteiger partial charge in [-0.25, -0.2) is 0 Å². The van der Waals surface area contributed by atoms with Gasteiger partial charge in [-0.3, -0.25) is 9.69 Å². The molecule has 8 nitrogen and oxygen atoms in total. The molecule has 2 aliphatic rings. The summed E-state index contributed by atoms with van der Waals surface area (Å²) in [5.74, 6) is -0.644. The van der Waals surface area contributed by atoms with Crippen LogP contribution in [-0.4, -0.2) is 61.0 Å². The molecule has 1 saturated heterocycles. The Morgan fingerprint density at radius 1 is 0.947 bits per heavy atom. The molecule has 196 valence electrons. The molecule has 0 spiro atoms. The van der Waals surface area contributed by atoms with Crippen molar-refractivity contribution in [3.63, 3.8) is 0 Å². The molecular weight excluding hydrogens is 474 g/mol. The van der Waals surface area contributed by atoms with Crippen molar-refractivity contribution >= 4 is 5.91 Å². The van der Waals surface area contributed by atoms with Gasteiger partial charge in [-0.1, -0.05) is 67.8 Å². The zero-order valence-corrected chi connectivity index (χ0v) is 22.0.